The fourth-order valence-electron chi connectivity index (χ4n) is 2.26. The molecule has 2 saturated heterocycles. The average Bonchev–Trinajstić information content (AvgIpc) is 2.02. The van der Waals surface area contributed by atoms with Gasteiger partial charge in [-0.25, -0.2) is 0 Å². The number of nitrogens with one attached hydrogen (secondary N) is 2. The van der Waals surface area contributed by atoms with Gasteiger partial charge in [0.2, 0.25) is 0 Å². The van der Waals surface area contributed by atoms with Crippen LogP contribution < -0.4 is 10.6 Å². The van der Waals surface area contributed by atoms with E-state index in [1.807, 2.05) is 0 Å². The summed E-state index contributed by atoms with van der Waals surface area (Å²) in [4.78, 5) is 2.65. The lowest BCUT2D eigenvalue weighted by Gasteiger charge is -2.43. The van der Waals surface area contributed by atoms with Crippen LogP contribution in [0.3, 0.4) is 0 Å². The summed E-state index contributed by atoms with van der Waals surface area (Å²) in [5, 5.41) is 6.93. The Bertz CT molecular complexity index is 154. The van der Waals surface area contributed by atoms with Crippen LogP contribution in [0.4, 0.5) is 0 Å². The van der Waals surface area contributed by atoms with Crippen molar-refractivity contribution in [2.75, 3.05) is 32.7 Å². The second-order valence-corrected chi connectivity index (χ2v) is 4.25. The maximum Gasteiger partial charge on any atom is 0.0346 e. The Labute approximate surface area is 80.9 Å². The normalized spacial score (nSPS) is 31.6. The third-order valence-electron chi connectivity index (χ3n) is 3.20. The molecule has 0 aliphatic carbocycles. The monoisotopic (exact) mass is 183 g/mol. The predicted octanol–water partition coefficient (Wildman–Crippen LogP) is 0.0321. The lowest BCUT2D eigenvalue weighted by molar-refractivity contribution is 0.104. The highest BCUT2D eigenvalue weighted by molar-refractivity contribution is 4.89. The third-order valence-corrected chi connectivity index (χ3v) is 3.20. The Kier molecular flexibility index (Phi) is 3.19. The van der Waals surface area contributed by atoms with E-state index in [4.69, 9.17) is 0 Å². The van der Waals surface area contributed by atoms with Gasteiger partial charge in [0.1, 0.15) is 0 Å². The number of hydrogen-bond acceptors (Lipinski definition) is 3. The van der Waals surface area contributed by atoms with Crippen molar-refractivity contribution in [3.63, 3.8) is 0 Å². The largest absolute Gasteiger partial charge is 0.314 e. The third kappa shape index (κ3) is 2.22. The summed E-state index contributed by atoms with van der Waals surface area (Å²) in [6.45, 7) is 8.37. The number of piperazine rings is 1. The molecule has 0 spiro atoms. The zero-order valence-electron chi connectivity index (χ0n) is 8.55. The van der Waals surface area contributed by atoms with Crippen LogP contribution in [0.5, 0.6) is 0 Å². The van der Waals surface area contributed by atoms with E-state index < -0.39 is 0 Å². The molecular weight excluding hydrogens is 162 g/mol. The second kappa shape index (κ2) is 4.40. The molecule has 1 atom stereocenters. The van der Waals surface area contributed by atoms with E-state index in [2.05, 4.69) is 22.5 Å². The summed E-state index contributed by atoms with van der Waals surface area (Å²) in [5.41, 5.74) is 0. The van der Waals surface area contributed by atoms with Crippen LogP contribution >= 0.6 is 0 Å². The summed E-state index contributed by atoms with van der Waals surface area (Å²) < 4.78 is 0. The Hall–Kier alpha value is -0.120. The van der Waals surface area contributed by atoms with Gasteiger partial charge in [-0.05, 0) is 6.42 Å². The maximum absolute atomic E-state index is 3.59. The van der Waals surface area contributed by atoms with Crippen LogP contribution in [0.1, 0.15) is 19.8 Å². The topological polar surface area (TPSA) is 27.3 Å². The molecule has 1 unspecified atom stereocenters. The standard InChI is InChI=1S/C10H21N3/c1-2-3-9-8-13(5-4-12-9)10-6-11-7-10/h9-12H,2-8H2,1H3. The molecule has 0 amide bonds. The highest BCUT2D eigenvalue weighted by Crippen LogP contribution is 2.10. The van der Waals surface area contributed by atoms with Gasteiger partial charge in [0.15, 0.2) is 0 Å². The molecule has 0 bridgehead atoms. The summed E-state index contributed by atoms with van der Waals surface area (Å²) in [7, 11) is 0. The van der Waals surface area contributed by atoms with Crippen molar-refractivity contribution in [1.82, 2.24) is 15.5 Å². The van der Waals surface area contributed by atoms with Gasteiger partial charge in [0, 0.05) is 44.8 Å². The summed E-state index contributed by atoms with van der Waals surface area (Å²) >= 11 is 0. The molecule has 0 aromatic heterocycles. The van der Waals surface area contributed by atoms with Gasteiger partial charge < -0.3 is 10.6 Å². The van der Waals surface area contributed by atoms with Gasteiger partial charge in [-0.15, -0.1) is 0 Å². The molecule has 2 fully saturated rings. The minimum atomic E-state index is 0.749. The van der Waals surface area contributed by atoms with Crippen LogP contribution in [0.25, 0.3) is 0 Å². The van der Waals surface area contributed by atoms with E-state index >= 15 is 0 Å². The van der Waals surface area contributed by atoms with E-state index in [0.29, 0.717) is 0 Å². The minimum Gasteiger partial charge on any atom is -0.314 e. The highest BCUT2D eigenvalue weighted by Gasteiger charge is 2.28. The molecule has 0 radical (unpaired) electrons. The van der Waals surface area contributed by atoms with Crippen LogP contribution in [0.15, 0.2) is 0 Å². The lowest BCUT2D eigenvalue weighted by Crippen LogP contribution is -2.63. The zero-order valence-corrected chi connectivity index (χ0v) is 8.55. The van der Waals surface area contributed by atoms with Crippen molar-refractivity contribution in [1.29, 1.82) is 0 Å². The lowest BCUT2D eigenvalue weighted by atomic mass is 10.0. The first-order valence-corrected chi connectivity index (χ1v) is 5.58. The van der Waals surface area contributed by atoms with Crippen molar-refractivity contribution in [3.05, 3.63) is 0 Å². The number of rotatable bonds is 3. The molecule has 76 valence electrons. The molecule has 0 aromatic carbocycles. The quantitative estimate of drug-likeness (QED) is 0.646. The van der Waals surface area contributed by atoms with Gasteiger partial charge in [0.05, 0.1) is 0 Å². The maximum atomic E-state index is 3.59. The van der Waals surface area contributed by atoms with Crippen LogP contribution in [0, 0.1) is 0 Å². The molecule has 13 heavy (non-hydrogen) atoms. The van der Waals surface area contributed by atoms with Gasteiger partial charge >= 0.3 is 0 Å². The molecule has 2 rings (SSSR count). The van der Waals surface area contributed by atoms with Crippen molar-refractivity contribution < 1.29 is 0 Å². The van der Waals surface area contributed by atoms with E-state index in [0.717, 1.165) is 12.1 Å². The first-order valence-electron chi connectivity index (χ1n) is 5.58. The molecule has 2 aliphatic rings. The second-order valence-electron chi connectivity index (χ2n) is 4.25. The highest BCUT2D eigenvalue weighted by atomic mass is 15.3. The summed E-state index contributed by atoms with van der Waals surface area (Å²) in [5.74, 6) is 0. The van der Waals surface area contributed by atoms with Crippen molar-refractivity contribution in [2.45, 2.75) is 31.8 Å². The molecule has 2 aliphatic heterocycles. The molecule has 0 aromatic rings. The fourth-order valence-corrected chi connectivity index (χ4v) is 2.26. The Balaban J connectivity index is 1.77. The molecule has 2 heterocycles. The van der Waals surface area contributed by atoms with Crippen LogP contribution in [0.2, 0.25) is 0 Å². The molecule has 3 nitrogen and oxygen atoms in total. The number of nitrogens with zero attached hydrogens (tertiary/aromatic N) is 1. The van der Waals surface area contributed by atoms with Gasteiger partial charge in [-0.1, -0.05) is 13.3 Å². The Morgan fingerprint density at radius 1 is 1.38 bits per heavy atom. The molecule has 3 heteroatoms. The molecule has 2 N–H and O–H groups in total. The summed E-state index contributed by atoms with van der Waals surface area (Å²) in [6.07, 6.45) is 2.63. The van der Waals surface area contributed by atoms with E-state index in [9.17, 15) is 0 Å². The molecule has 0 saturated carbocycles. The molecular formula is C10H21N3. The predicted molar refractivity (Wildman–Crippen MR) is 54.9 cm³/mol. The SMILES string of the molecule is CCCC1CN(C2CNC2)CCN1. The average molecular weight is 183 g/mol. The van der Waals surface area contributed by atoms with Crippen molar-refractivity contribution in [2.24, 2.45) is 0 Å². The van der Waals surface area contributed by atoms with Crippen LogP contribution in [-0.4, -0.2) is 49.7 Å². The minimum absolute atomic E-state index is 0.749. The van der Waals surface area contributed by atoms with Crippen LogP contribution in [-0.2, 0) is 0 Å². The summed E-state index contributed by atoms with van der Waals surface area (Å²) in [6, 6.07) is 1.58. The zero-order chi connectivity index (χ0) is 9.10. The Morgan fingerprint density at radius 3 is 2.85 bits per heavy atom. The van der Waals surface area contributed by atoms with Gasteiger partial charge in [0.25, 0.3) is 0 Å². The fraction of sp³-hybridized carbons (Fsp3) is 1.00. The first-order chi connectivity index (χ1) is 6.40. The smallest absolute Gasteiger partial charge is 0.0346 e. The van der Waals surface area contributed by atoms with E-state index in [-0.39, 0.29) is 0 Å². The van der Waals surface area contributed by atoms with Crippen molar-refractivity contribution in [3.8, 4) is 0 Å². The Morgan fingerprint density at radius 2 is 2.23 bits per heavy atom. The van der Waals surface area contributed by atoms with E-state index in [1.54, 1.807) is 0 Å². The van der Waals surface area contributed by atoms with Crippen molar-refractivity contribution >= 4 is 0 Å². The van der Waals surface area contributed by atoms with Gasteiger partial charge in [-0.2, -0.15) is 0 Å². The first kappa shape index (κ1) is 9.44. The van der Waals surface area contributed by atoms with Gasteiger partial charge in [-0.3, -0.25) is 4.90 Å². The number of hydrogen-bond donors (Lipinski definition) is 2. The van der Waals surface area contributed by atoms with E-state index in [1.165, 1.54) is 45.6 Å².